The molecule has 0 aromatic carbocycles. The second-order valence-corrected chi connectivity index (χ2v) is 17.2. The van der Waals surface area contributed by atoms with E-state index in [1.54, 1.807) is 6.08 Å². The Morgan fingerprint density at radius 1 is 0.411 bits per heavy atom. The second kappa shape index (κ2) is 48.0. The zero-order chi connectivity index (χ0) is 40.7. The number of amides is 1. The van der Waals surface area contributed by atoms with Crippen LogP contribution in [-0.4, -0.2) is 34.9 Å². The van der Waals surface area contributed by atoms with Crippen molar-refractivity contribution < 1.29 is 15.0 Å². The highest BCUT2D eigenvalue weighted by Gasteiger charge is 2.17. The number of nitrogens with one attached hydrogen (secondary N) is 1. The summed E-state index contributed by atoms with van der Waals surface area (Å²) in [5.74, 6) is -0.0719. The summed E-state index contributed by atoms with van der Waals surface area (Å²) in [4.78, 5) is 12.4. The van der Waals surface area contributed by atoms with Crippen LogP contribution in [0.2, 0.25) is 0 Å². The minimum atomic E-state index is -0.859. The van der Waals surface area contributed by atoms with Crippen molar-refractivity contribution in [1.29, 1.82) is 0 Å². The monoisotopic (exact) mass is 786 g/mol. The van der Waals surface area contributed by atoms with Gasteiger partial charge in [0.05, 0.1) is 18.8 Å². The van der Waals surface area contributed by atoms with Gasteiger partial charge in [0.1, 0.15) is 0 Å². The lowest BCUT2D eigenvalue weighted by Crippen LogP contribution is -2.45. The normalized spacial score (nSPS) is 13.1. The standard InChI is InChI=1S/C52H99NO3/c1-3-5-7-9-11-13-15-17-18-19-20-21-22-23-24-25-26-27-28-29-30-31-32-33-34-36-38-40-42-44-46-48-52(56)53-50(49-54)51(55)47-45-43-41-39-37-35-16-14-12-10-8-6-4-2/h23-24,37,39,45,47,50-51,54-55H,3-22,25-36,38,40-44,46,48-49H2,1-2H3,(H,53,56)/b24-23-,39-37+,47-45+. The van der Waals surface area contributed by atoms with Gasteiger partial charge in [-0.15, -0.1) is 0 Å². The average molecular weight is 786 g/mol. The molecule has 4 heteroatoms. The summed E-state index contributed by atoms with van der Waals surface area (Å²) in [5, 5.41) is 23.0. The van der Waals surface area contributed by atoms with Gasteiger partial charge in [-0.05, 0) is 57.8 Å². The summed E-state index contributed by atoms with van der Waals surface area (Å²) in [6, 6.07) is -0.636. The van der Waals surface area contributed by atoms with Crippen molar-refractivity contribution >= 4 is 5.91 Å². The minimum Gasteiger partial charge on any atom is -0.394 e. The maximum Gasteiger partial charge on any atom is 0.220 e. The number of aliphatic hydroxyl groups is 2. The van der Waals surface area contributed by atoms with Gasteiger partial charge in [0.15, 0.2) is 0 Å². The highest BCUT2D eigenvalue weighted by atomic mass is 16.3. The van der Waals surface area contributed by atoms with E-state index in [4.69, 9.17) is 0 Å². The number of carbonyl (C=O) groups is 1. The first-order valence-electron chi connectivity index (χ1n) is 25.2. The van der Waals surface area contributed by atoms with Crippen LogP contribution in [0.3, 0.4) is 0 Å². The summed E-state index contributed by atoms with van der Waals surface area (Å²) in [6.07, 6.45) is 64.4. The second-order valence-electron chi connectivity index (χ2n) is 17.2. The van der Waals surface area contributed by atoms with Gasteiger partial charge in [-0.25, -0.2) is 0 Å². The predicted molar refractivity (Wildman–Crippen MR) is 248 cm³/mol. The Balaban J connectivity index is 3.46. The van der Waals surface area contributed by atoms with E-state index in [1.807, 2.05) is 6.08 Å². The fraction of sp³-hybridized carbons (Fsp3) is 0.865. The molecular weight excluding hydrogens is 687 g/mol. The number of hydrogen-bond acceptors (Lipinski definition) is 3. The quantitative estimate of drug-likeness (QED) is 0.0425. The maximum absolute atomic E-state index is 12.4. The van der Waals surface area contributed by atoms with Crippen LogP contribution in [0.5, 0.6) is 0 Å². The number of allylic oxidation sites excluding steroid dienone is 5. The SMILES string of the molecule is CCCCCCCCC/C=C/CC/C=C/C(O)C(CO)NC(=O)CCCCCCCCCCCCCCCCC/C=C\CCCCCCCCCCCCCC. The number of hydrogen-bond donors (Lipinski definition) is 3. The molecule has 0 spiro atoms. The van der Waals surface area contributed by atoms with E-state index < -0.39 is 12.1 Å². The van der Waals surface area contributed by atoms with E-state index in [-0.39, 0.29) is 12.5 Å². The van der Waals surface area contributed by atoms with Gasteiger partial charge in [-0.3, -0.25) is 4.79 Å². The Bertz CT molecular complexity index is 851. The molecule has 2 unspecified atom stereocenters. The molecule has 0 aliphatic rings. The highest BCUT2D eigenvalue weighted by Crippen LogP contribution is 2.16. The average Bonchev–Trinajstić information content (AvgIpc) is 3.20. The molecule has 0 aromatic rings. The maximum atomic E-state index is 12.4. The molecule has 0 aliphatic heterocycles. The molecular formula is C52H99NO3. The Kier molecular flexibility index (Phi) is 46.8. The van der Waals surface area contributed by atoms with Crippen LogP contribution >= 0.6 is 0 Å². The van der Waals surface area contributed by atoms with Crippen LogP contribution in [0.25, 0.3) is 0 Å². The summed E-state index contributed by atoms with van der Waals surface area (Å²) >= 11 is 0. The van der Waals surface area contributed by atoms with Gasteiger partial charge in [0, 0.05) is 6.42 Å². The fourth-order valence-electron chi connectivity index (χ4n) is 7.72. The van der Waals surface area contributed by atoms with Crippen LogP contribution in [0.4, 0.5) is 0 Å². The lowest BCUT2D eigenvalue weighted by Gasteiger charge is -2.19. The largest absolute Gasteiger partial charge is 0.394 e. The first kappa shape index (κ1) is 54.6. The number of aliphatic hydroxyl groups excluding tert-OH is 2. The molecule has 4 nitrogen and oxygen atoms in total. The van der Waals surface area contributed by atoms with Crippen molar-refractivity contribution in [3.8, 4) is 0 Å². The molecule has 0 fully saturated rings. The van der Waals surface area contributed by atoms with Gasteiger partial charge in [0.25, 0.3) is 0 Å². The van der Waals surface area contributed by atoms with Crippen LogP contribution in [0.15, 0.2) is 36.5 Å². The van der Waals surface area contributed by atoms with Crippen LogP contribution in [0.1, 0.15) is 271 Å². The fourth-order valence-corrected chi connectivity index (χ4v) is 7.72. The third-order valence-corrected chi connectivity index (χ3v) is 11.6. The van der Waals surface area contributed by atoms with Crippen molar-refractivity contribution in [2.45, 2.75) is 283 Å². The van der Waals surface area contributed by atoms with Gasteiger partial charge in [0.2, 0.25) is 5.91 Å². The summed E-state index contributed by atoms with van der Waals surface area (Å²) < 4.78 is 0. The van der Waals surface area contributed by atoms with Gasteiger partial charge < -0.3 is 15.5 Å². The highest BCUT2D eigenvalue weighted by molar-refractivity contribution is 5.76. The number of carbonyl (C=O) groups excluding carboxylic acids is 1. The molecule has 0 bridgehead atoms. The molecule has 3 N–H and O–H groups in total. The molecule has 0 rings (SSSR count). The Morgan fingerprint density at radius 3 is 1.04 bits per heavy atom. The van der Waals surface area contributed by atoms with E-state index in [0.29, 0.717) is 6.42 Å². The Morgan fingerprint density at radius 2 is 0.696 bits per heavy atom. The minimum absolute atomic E-state index is 0.0719. The van der Waals surface area contributed by atoms with Crippen LogP contribution in [0, 0.1) is 0 Å². The molecule has 0 aromatic heterocycles. The zero-order valence-corrected chi connectivity index (χ0v) is 37.9. The van der Waals surface area contributed by atoms with Gasteiger partial charge >= 0.3 is 0 Å². The predicted octanol–water partition coefficient (Wildman–Crippen LogP) is 16.1. The van der Waals surface area contributed by atoms with Crippen molar-refractivity contribution in [1.82, 2.24) is 5.32 Å². The molecule has 1 amide bonds. The lowest BCUT2D eigenvalue weighted by molar-refractivity contribution is -0.123. The van der Waals surface area contributed by atoms with Crippen molar-refractivity contribution in [2.75, 3.05) is 6.61 Å². The first-order chi connectivity index (χ1) is 27.7. The van der Waals surface area contributed by atoms with Crippen LogP contribution in [-0.2, 0) is 4.79 Å². The van der Waals surface area contributed by atoms with Gasteiger partial charge in [-0.2, -0.15) is 0 Å². The molecule has 56 heavy (non-hydrogen) atoms. The topological polar surface area (TPSA) is 69.6 Å². The smallest absolute Gasteiger partial charge is 0.220 e. The van der Waals surface area contributed by atoms with E-state index in [2.05, 4.69) is 43.5 Å². The molecule has 0 saturated heterocycles. The molecule has 2 atom stereocenters. The molecule has 0 aliphatic carbocycles. The Hall–Kier alpha value is -1.39. The van der Waals surface area contributed by atoms with Crippen molar-refractivity contribution in [3.63, 3.8) is 0 Å². The summed E-state index contributed by atoms with van der Waals surface area (Å²) in [5.41, 5.74) is 0. The Labute approximate surface area is 351 Å². The molecule has 330 valence electrons. The van der Waals surface area contributed by atoms with E-state index in [0.717, 1.165) is 32.1 Å². The van der Waals surface area contributed by atoms with Crippen molar-refractivity contribution in [3.05, 3.63) is 36.5 Å². The molecule has 0 heterocycles. The van der Waals surface area contributed by atoms with E-state index in [9.17, 15) is 15.0 Å². The van der Waals surface area contributed by atoms with E-state index in [1.165, 1.54) is 218 Å². The third kappa shape index (κ3) is 43.7. The third-order valence-electron chi connectivity index (χ3n) is 11.6. The van der Waals surface area contributed by atoms with Crippen molar-refractivity contribution in [2.24, 2.45) is 0 Å². The van der Waals surface area contributed by atoms with Gasteiger partial charge in [-0.1, -0.05) is 243 Å². The lowest BCUT2D eigenvalue weighted by atomic mass is 10.0. The number of rotatable bonds is 46. The molecule has 0 saturated carbocycles. The van der Waals surface area contributed by atoms with Crippen LogP contribution < -0.4 is 5.32 Å². The summed E-state index contributed by atoms with van der Waals surface area (Å²) in [6.45, 7) is 4.30. The summed E-state index contributed by atoms with van der Waals surface area (Å²) in [7, 11) is 0. The molecule has 0 radical (unpaired) electrons. The zero-order valence-electron chi connectivity index (χ0n) is 37.9. The number of unbranched alkanes of at least 4 members (excludes halogenated alkanes) is 35. The van der Waals surface area contributed by atoms with E-state index >= 15 is 0 Å². The first-order valence-corrected chi connectivity index (χ1v) is 25.2.